The molecule has 1 saturated heterocycles. The molecule has 6 nitrogen and oxygen atoms in total. The molecule has 0 aromatic heterocycles. The lowest BCUT2D eigenvalue weighted by Gasteiger charge is -2.34. The van der Waals surface area contributed by atoms with Gasteiger partial charge < -0.3 is 4.74 Å². The Morgan fingerprint density at radius 2 is 1.47 bits per heavy atom. The van der Waals surface area contributed by atoms with Crippen LogP contribution in [0.3, 0.4) is 0 Å². The zero-order valence-corrected chi connectivity index (χ0v) is 18.3. The number of esters is 1. The van der Waals surface area contributed by atoms with Gasteiger partial charge in [0.2, 0.25) is 10.0 Å². The second-order valence-electron chi connectivity index (χ2n) is 7.98. The number of hydrogen-bond acceptors (Lipinski definition) is 5. The number of ether oxygens (including phenoxy) is 1. The summed E-state index contributed by atoms with van der Waals surface area (Å²) < 4.78 is 32.7. The Labute approximate surface area is 177 Å². The molecule has 1 heterocycles. The predicted octanol–water partition coefficient (Wildman–Crippen LogP) is 4.17. The van der Waals surface area contributed by atoms with E-state index < -0.39 is 16.0 Å². The van der Waals surface area contributed by atoms with Crippen molar-refractivity contribution < 1.29 is 22.7 Å². The van der Waals surface area contributed by atoms with Crippen LogP contribution in [0.5, 0.6) is 5.75 Å². The van der Waals surface area contributed by atoms with Crippen LogP contribution in [-0.4, -0.2) is 37.6 Å². The molecular formula is C23H27NO5S. The Bertz CT molecular complexity index is 1000. The Kier molecular flexibility index (Phi) is 6.73. The van der Waals surface area contributed by atoms with Crippen molar-refractivity contribution in [2.24, 2.45) is 11.8 Å². The molecule has 160 valence electrons. The van der Waals surface area contributed by atoms with E-state index in [1.165, 1.54) is 28.6 Å². The highest BCUT2D eigenvalue weighted by molar-refractivity contribution is 7.89. The van der Waals surface area contributed by atoms with Gasteiger partial charge in [-0.15, -0.1) is 0 Å². The van der Waals surface area contributed by atoms with Gasteiger partial charge in [0.15, 0.2) is 5.78 Å². The van der Waals surface area contributed by atoms with Crippen LogP contribution in [0.1, 0.15) is 54.3 Å². The molecule has 0 aliphatic carbocycles. The summed E-state index contributed by atoms with van der Waals surface area (Å²) in [4.78, 5) is 24.2. The zero-order valence-electron chi connectivity index (χ0n) is 17.5. The van der Waals surface area contributed by atoms with Crippen molar-refractivity contribution in [2.75, 3.05) is 13.1 Å². The summed E-state index contributed by atoms with van der Waals surface area (Å²) >= 11 is 0. The first-order valence-electron chi connectivity index (χ1n) is 10.2. The van der Waals surface area contributed by atoms with Gasteiger partial charge in [0.1, 0.15) is 5.75 Å². The van der Waals surface area contributed by atoms with Crippen LogP contribution in [0.2, 0.25) is 0 Å². The third-order valence-electron chi connectivity index (χ3n) is 5.27. The van der Waals surface area contributed by atoms with E-state index in [1.807, 2.05) is 0 Å². The highest BCUT2D eigenvalue weighted by atomic mass is 32.2. The van der Waals surface area contributed by atoms with Gasteiger partial charge in [-0.1, -0.05) is 20.8 Å². The minimum absolute atomic E-state index is 0.0159. The largest absolute Gasteiger partial charge is 0.423 e. The standard InChI is InChI=1S/C23H27NO5S/c1-4-22(25)18-5-9-20(10-6-18)29-23(26)19-7-11-21(12-8-19)30(27,28)24-14-16(2)13-17(3)15-24/h5-12,16-17H,4,13-15H2,1-3H3/t16-,17-/m1/s1. The van der Waals surface area contributed by atoms with Gasteiger partial charge >= 0.3 is 5.97 Å². The number of nitrogens with zero attached hydrogens (tertiary/aromatic N) is 1. The van der Waals surface area contributed by atoms with Gasteiger partial charge in [-0.05, 0) is 66.8 Å². The molecule has 2 aromatic carbocycles. The van der Waals surface area contributed by atoms with Crippen LogP contribution < -0.4 is 4.74 Å². The van der Waals surface area contributed by atoms with E-state index in [4.69, 9.17) is 4.74 Å². The molecular weight excluding hydrogens is 402 g/mol. The second-order valence-corrected chi connectivity index (χ2v) is 9.92. The van der Waals surface area contributed by atoms with Crippen LogP contribution in [0.4, 0.5) is 0 Å². The zero-order chi connectivity index (χ0) is 21.9. The van der Waals surface area contributed by atoms with Gasteiger partial charge in [-0.2, -0.15) is 4.31 Å². The highest BCUT2D eigenvalue weighted by Gasteiger charge is 2.31. The first kappa shape index (κ1) is 22.2. The van der Waals surface area contributed by atoms with E-state index >= 15 is 0 Å². The first-order chi connectivity index (χ1) is 14.2. The van der Waals surface area contributed by atoms with Crippen molar-refractivity contribution in [3.63, 3.8) is 0 Å². The van der Waals surface area contributed by atoms with Crippen LogP contribution in [-0.2, 0) is 10.0 Å². The Balaban J connectivity index is 1.70. The number of ketones is 1. The molecule has 0 spiro atoms. The Morgan fingerprint density at radius 1 is 0.933 bits per heavy atom. The molecule has 7 heteroatoms. The normalized spacial score (nSPS) is 20.0. The summed E-state index contributed by atoms with van der Waals surface area (Å²) in [7, 11) is -3.60. The Morgan fingerprint density at radius 3 is 2.00 bits per heavy atom. The lowest BCUT2D eigenvalue weighted by atomic mass is 9.94. The fraction of sp³-hybridized carbons (Fsp3) is 0.391. The van der Waals surface area contributed by atoms with Gasteiger partial charge in [0, 0.05) is 25.1 Å². The van der Waals surface area contributed by atoms with Gasteiger partial charge in [-0.25, -0.2) is 13.2 Å². The molecule has 0 unspecified atom stereocenters. The summed E-state index contributed by atoms with van der Waals surface area (Å²) in [5, 5.41) is 0. The molecule has 0 bridgehead atoms. The first-order valence-corrected chi connectivity index (χ1v) is 11.6. The summed E-state index contributed by atoms with van der Waals surface area (Å²) in [6.45, 7) is 6.91. The molecule has 1 aliphatic heterocycles. The number of benzene rings is 2. The van der Waals surface area contributed by atoms with E-state index in [0.717, 1.165) is 6.42 Å². The molecule has 0 N–H and O–H groups in total. The van der Waals surface area contributed by atoms with E-state index in [0.29, 0.717) is 42.7 Å². The van der Waals surface area contributed by atoms with Crippen molar-refractivity contribution in [3.05, 3.63) is 59.7 Å². The van der Waals surface area contributed by atoms with E-state index in [1.54, 1.807) is 31.2 Å². The number of carbonyl (C=O) groups is 2. The van der Waals surface area contributed by atoms with Gasteiger partial charge in [-0.3, -0.25) is 4.79 Å². The summed E-state index contributed by atoms with van der Waals surface area (Å²) in [5.74, 6) is 0.380. The third-order valence-corrected chi connectivity index (χ3v) is 7.12. The molecule has 1 aliphatic rings. The predicted molar refractivity (Wildman–Crippen MR) is 114 cm³/mol. The van der Waals surface area contributed by atoms with Crippen LogP contribution in [0.15, 0.2) is 53.4 Å². The number of hydrogen-bond donors (Lipinski definition) is 0. The molecule has 1 fully saturated rings. The van der Waals surface area contributed by atoms with Crippen molar-refractivity contribution in [1.82, 2.24) is 4.31 Å². The number of rotatable bonds is 6. The van der Waals surface area contributed by atoms with E-state index in [-0.39, 0.29) is 16.2 Å². The number of sulfonamides is 1. The van der Waals surface area contributed by atoms with Crippen molar-refractivity contribution in [1.29, 1.82) is 0 Å². The van der Waals surface area contributed by atoms with Gasteiger partial charge in [0.25, 0.3) is 0 Å². The molecule has 0 radical (unpaired) electrons. The molecule has 0 saturated carbocycles. The molecule has 2 aromatic rings. The number of piperidine rings is 1. The fourth-order valence-corrected chi connectivity index (χ4v) is 5.47. The fourth-order valence-electron chi connectivity index (χ4n) is 3.79. The monoisotopic (exact) mass is 429 g/mol. The lowest BCUT2D eigenvalue weighted by Crippen LogP contribution is -2.42. The average molecular weight is 430 g/mol. The molecule has 2 atom stereocenters. The molecule has 30 heavy (non-hydrogen) atoms. The topological polar surface area (TPSA) is 80.8 Å². The maximum absolute atomic E-state index is 12.9. The number of Topliss-reactive ketones (excluding diaryl/α,β-unsaturated/α-hetero) is 1. The highest BCUT2D eigenvalue weighted by Crippen LogP contribution is 2.27. The maximum Gasteiger partial charge on any atom is 0.343 e. The molecule has 3 rings (SSSR count). The second kappa shape index (κ2) is 9.10. The average Bonchev–Trinajstić information content (AvgIpc) is 2.73. The van der Waals surface area contributed by atoms with Crippen LogP contribution in [0, 0.1) is 11.8 Å². The van der Waals surface area contributed by atoms with Crippen molar-refractivity contribution >= 4 is 21.8 Å². The minimum atomic E-state index is -3.60. The SMILES string of the molecule is CCC(=O)c1ccc(OC(=O)c2ccc(S(=O)(=O)N3C[C@H](C)C[C@@H](C)C3)cc2)cc1. The summed E-state index contributed by atoms with van der Waals surface area (Å²) in [6.07, 6.45) is 1.42. The number of carbonyl (C=O) groups excluding carboxylic acids is 2. The van der Waals surface area contributed by atoms with Crippen molar-refractivity contribution in [3.8, 4) is 5.75 Å². The third kappa shape index (κ3) is 4.96. The minimum Gasteiger partial charge on any atom is -0.423 e. The van der Waals surface area contributed by atoms with Crippen molar-refractivity contribution in [2.45, 2.75) is 38.5 Å². The summed E-state index contributed by atoms with van der Waals surface area (Å²) in [5.41, 5.74) is 0.816. The smallest absolute Gasteiger partial charge is 0.343 e. The van der Waals surface area contributed by atoms with Gasteiger partial charge in [0.05, 0.1) is 10.5 Å². The Hall–Kier alpha value is -2.51. The summed E-state index contributed by atoms with van der Waals surface area (Å²) in [6, 6.07) is 12.2. The maximum atomic E-state index is 12.9. The van der Waals surface area contributed by atoms with Crippen LogP contribution >= 0.6 is 0 Å². The lowest BCUT2D eigenvalue weighted by molar-refractivity contribution is 0.0734. The van der Waals surface area contributed by atoms with E-state index in [9.17, 15) is 18.0 Å². The van der Waals surface area contributed by atoms with E-state index in [2.05, 4.69) is 13.8 Å². The van der Waals surface area contributed by atoms with Crippen LogP contribution in [0.25, 0.3) is 0 Å². The quantitative estimate of drug-likeness (QED) is 0.391. The molecule has 0 amide bonds.